The molecule has 2 atom stereocenters. The Kier molecular flexibility index (Phi) is 7.18. The molecule has 0 aliphatic rings. The van der Waals surface area contributed by atoms with Crippen molar-refractivity contribution in [3.63, 3.8) is 0 Å². The van der Waals surface area contributed by atoms with Crippen molar-refractivity contribution in [2.24, 2.45) is 0 Å². The van der Waals surface area contributed by atoms with Gasteiger partial charge < -0.3 is 6.15 Å². The van der Waals surface area contributed by atoms with Crippen molar-refractivity contribution in [2.45, 2.75) is 18.8 Å². The molecule has 0 saturated heterocycles. The zero-order valence-corrected chi connectivity index (χ0v) is 7.61. The summed E-state index contributed by atoms with van der Waals surface area (Å²) in [6.07, 6.45) is -5.25. The third kappa shape index (κ3) is 8.00. The molecular formula is C5H12F3NO3S. The van der Waals surface area contributed by atoms with Gasteiger partial charge in [0, 0.05) is 6.42 Å². The number of hydrogen-bond donors (Lipinski definition) is 2. The van der Waals surface area contributed by atoms with Crippen LogP contribution in [0.2, 0.25) is 0 Å². The van der Waals surface area contributed by atoms with E-state index >= 15 is 0 Å². The minimum atomic E-state index is -4.52. The van der Waals surface area contributed by atoms with Gasteiger partial charge >= 0.3 is 0 Å². The monoisotopic (exact) mass is 223 g/mol. The van der Waals surface area contributed by atoms with Crippen LogP contribution < -0.4 is 6.15 Å². The summed E-state index contributed by atoms with van der Waals surface area (Å²) in [5.74, 6) is -1.33. The van der Waals surface area contributed by atoms with E-state index in [9.17, 15) is 21.6 Å². The number of alkyl halides is 3. The van der Waals surface area contributed by atoms with E-state index < -0.39 is 41.3 Å². The van der Waals surface area contributed by atoms with Crippen molar-refractivity contribution in [1.82, 2.24) is 6.15 Å². The molecule has 0 saturated carbocycles. The maximum atomic E-state index is 12.4. The van der Waals surface area contributed by atoms with Crippen molar-refractivity contribution in [3.05, 3.63) is 0 Å². The maximum Gasteiger partial charge on any atom is 0.267 e. The fourth-order valence-corrected chi connectivity index (χ4v) is 1.20. The van der Waals surface area contributed by atoms with Gasteiger partial charge in [-0.15, -0.1) is 0 Å². The lowest BCUT2D eigenvalue weighted by Crippen LogP contribution is -2.26. The topological polar surface area (TPSA) is 89.4 Å². The average Bonchev–Trinajstić information content (AvgIpc) is 1.84. The lowest BCUT2D eigenvalue weighted by Gasteiger charge is -2.09. The lowest BCUT2D eigenvalue weighted by atomic mass is 10.2. The van der Waals surface area contributed by atoms with E-state index in [1.165, 1.54) is 0 Å². The minimum Gasteiger partial charge on any atom is -0.344 e. The van der Waals surface area contributed by atoms with Gasteiger partial charge in [-0.3, -0.25) is 8.94 Å². The van der Waals surface area contributed by atoms with Crippen molar-refractivity contribution < 1.29 is 26.1 Å². The molecule has 8 heteroatoms. The predicted octanol–water partition coefficient (Wildman–Crippen LogP) is 1.07. The van der Waals surface area contributed by atoms with Crippen molar-refractivity contribution in [3.8, 4) is 0 Å². The molecule has 0 radical (unpaired) electrons. The molecule has 4 N–H and O–H groups in total. The standard InChI is InChI=1S/C5H9F3O3S.H3N/c6-2-1-4(7)5(8)3-12(9,10)11;/h4-5H,1-3H2,(H,9,10,11);1H3. The molecule has 13 heavy (non-hydrogen) atoms. The van der Waals surface area contributed by atoms with E-state index in [0.29, 0.717) is 0 Å². The fraction of sp³-hybridized carbons (Fsp3) is 1.00. The van der Waals surface area contributed by atoms with E-state index in [2.05, 4.69) is 0 Å². The predicted molar refractivity (Wildman–Crippen MR) is 41.8 cm³/mol. The van der Waals surface area contributed by atoms with Gasteiger partial charge in [-0.1, -0.05) is 0 Å². The summed E-state index contributed by atoms with van der Waals surface area (Å²) in [5, 5.41) is 0. The fourth-order valence-electron chi connectivity index (χ4n) is 0.591. The SMILES string of the molecule is N.O=S(=O)(O)CC(F)C(F)CCF. The van der Waals surface area contributed by atoms with Crippen LogP contribution in [0.4, 0.5) is 13.2 Å². The van der Waals surface area contributed by atoms with E-state index in [4.69, 9.17) is 4.55 Å². The highest BCUT2D eigenvalue weighted by Crippen LogP contribution is 2.10. The molecule has 0 aliphatic heterocycles. The van der Waals surface area contributed by atoms with E-state index in [0.717, 1.165) is 0 Å². The molecule has 0 amide bonds. The van der Waals surface area contributed by atoms with Crippen molar-refractivity contribution in [1.29, 1.82) is 0 Å². The summed E-state index contributed by atoms with van der Waals surface area (Å²) >= 11 is 0. The van der Waals surface area contributed by atoms with Crippen LogP contribution in [0.25, 0.3) is 0 Å². The van der Waals surface area contributed by atoms with Crippen LogP contribution in [0.1, 0.15) is 6.42 Å². The second-order valence-electron chi connectivity index (χ2n) is 2.26. The second-order valence-corrected chi connectivity index (χ2v) is 3.76. The van der Waals surface area contributed by atoms with Gasteiger partial charge in [0.25, 0.3) is 10.1 Å². The number of halogens is 3. The average molecular weight is 223 g/mol. The van der Waals surface area contributed by atoms with Crippen molar-refractivity contribution in [2.75, 3.05) is 12.4 Å². The quantitative estimate of drug-likeness (QED) is 0.682. The number of rotatable bonds is 5. The van der Waals surface area contributed by atoms with Gasteiger partial charge in [-0.2, -0.15) is 8.42 Å². The summed E-state index contributed by atoms with van der Waals surface area (Å²) in [6, 6.07) is 0. The molecule has 0 aromatic rings. The zero-order valence-electron chi connectivity index (χ0n) is 6.79. The smallest absolute Gasteiger partial charge is 0.267 e. The first kappa shape index (κ1) is 15.1. The molecule has 0 fully saturated rings. The van der Waals surface area contributed by atoms with E-state index in [-0.39, 0.29) is 6.15 Å². The lowest BCUT2D eigenvalue weighted by molar-refractivity contribution is 0.163. The molecular weight excluding hydrogens is 211 g/mol. The van der Waals surface area contributed by atoms with Crippen LogP contribution in [0.15, 0.2) is 0 Å². The molecule has 0 spiro atoms. The molecule has 2 unspecified atom stereocenters. The Balaban J connectivity index is 0. The van der Waals surface area contributed by atoms with Gasteiger partial charge in [0.05, 0.1) is 6.67 Å². The van der Waals surface area contributed by atoms with Crippen LogP contribution in [-0.4, -0.2) is 37.7 Å². The Hall–Kier alpha value is -0.340. The molecule has 0 rings (SSSR count). The highest BCUT2D eigenvalue weighted by atomic mass is 32.2. The minimum absolute atomic E-state index is 0. The highest BCUT2D eigenvalue weighted by Gasteiger charge is 2.25. The molecule has 82 valence electrons. The molecule has 0 aromatic heterocycles. The first-order chi connectivity index (χ1) is 5.37. The molecule has 0 bridgehead atoms. The normalized spacial score (nSPS) is 16.0. The third-order valence-corrected chi connectivity index (χ3v) is 1.89. The van der Waals surface area contributed by atoms with Gasteiger partial charge in [0.1, 0.15) is 18.1 Å². The number of hydrogen-bond acceptors (Lipinski definition) is 3. The summed E-state index contributed by atoms with van der Waals surface area (Å²) in [4.78, 5) is 0. The van der Waals surface area contributed by atoms with Crippen LogP contribution in [0, 0.1) is 0 Å². The molecule has 4 nitrogen and oxygen atoms in total. The Labute approximate surface area is 74.5 Å². The molecule has 0 heterocycles. The van der Waals surface area contributed by atoms with E-state index in [1.54, 1.807) is 0 Å². The maximum absolute atomic E-state index is 12.4. The van der Waals surface area contributed by atoms with Crippen LogP contribution in [-0.2, 0) is 10.1 Å². The van der Waals surface area contributed by atoms with E-state index in [1.807, 2.05) is 0 Å². The first-order valence-corrected chi connectivity index (χ1v) is 4.77. The molecule has 0 aromatic carbocycles. The van der Waals surface area contributed by atoms with Crippen LogP contribution in [0.3, 0.4) is 0 Å². The Morgan fingerprint density at radius 1 is 1.23 bits per heavy atom. The molecule has 0 aliphatic carbocycles. The van der Waals surface area contributed by atoms with Gasteiger partial charge in [-0.25, -0.2) is 8.78 Å². The first-order valence-electron chi connectivity index (χ1n) is 3.16. The van der Waals surface area contributed by atoms with Gasteiger partial charge in [0.2, 0.25) is 0 Å². The Bertz CT molecular complexity index is 221. The van der Waals surface area contributed by atoms with Gasteiger partial charge in [0.15, 0.2) is 0 Å². The zero-order chi connectivity index (χ0) is 9.78. The summed E-state index contributed by atoms with van der Waals surface area (Å²) in [6.45, 7) is -1.06. The summed E-state index contributed by atoms with van der Waals surface area (Å²) in [5.41, 5.74) is 0. The Morgan fingerprint density at radius 2 is 1.69 bits per heavy atom. The van der Waals surface area contributed by atoms with Crippen LogP contribution in [0.5, 0.6) is 0 Å². The van der Waals surface area contributed by atoms with Crippen LogP contribution >= 0.6 is 0 Å². The highest BCUT2D eigenvalue weighted by molar-refractivity contribution is 7.85. The third-order valence-electron chi connectivity index (χ3n) is 1.15. The van der Waals surface area contributed by atoms with Crippen molar-refractivity contribution >= 4 is 10.1 Å². The van der Waals surface area contributed by atoms with Gasteiger partial charge in [-0.05, 0) is 0 Å². The second kappa shape index (κ2) is 6.17. The summed E-state index contributed by atoms with van der Waals surface area (Å²) < 4.78 is 64.2. The largest absolute Gasteiger partial charge is 0.344 e. The Morgan fingerprint density at radius 3 is 2.00 bits per heavy atom. The summed E-state index contributed by atoms with van der Waals surface area (Å²) in [7, 11) is -4.52.